The second-order valence-electron chi connectivity index (χ2n) is 3.67. The van der Waals surface area contributed by atoms with Crippen molar-refractivity contribution >= 4 is 0 Å². The Morgan fingerprint density at radius 3 is 2.31 bits per heavy atom. The van der Waals surface area contributed by atoms with Crippen molar-refractivity contribution in [1.82, 2.24) is 4.90 Å². The van der Waals surface area contributed by atoms with Gasteiger partial charge in [-0.3, -0.25) is 4.90 Å². The van der Waals surface area contributed by atoms with Crippen molar-refractivity contribution in [2.45, 2.75) is 25.1 Å². The van der Waals surface area contributed by atoms with Gasteiger partial charge in [-0.05, 0) is 32.4 Å². The highest BCUT2D eigenvalue weighted by molar-refractivity contribution is 4.88. The average molecular weight is 196 g/mol. The summed E-state index contributed by atoms with van der Waals surface area (Å²) in [6.07, 6.45) is -2.29. The molecule has 0 heterocycles. The Bertz CT molecular complexity index is 167. The molecule has 0 saturated heterocycles. The lowest BCUT2D eigenvalue weighted by Gasteiger charge is -2.42. The number of nitrogens with two attached hydrogens (primary N) is 1. The van der Waals surface area contributed by atoms with E-state index in [0.29, 0.717) is 6.54 Å². The molecule has 2 unspecified atom stereocenters. The molecular formula is C8H15F3N2. The van der Waals surface area contributed by atoms with Crippen LogP contribution >= 0.6 is 0 Å². The summed E-state index contributed by atoms with van der Waals surface area (Å²) in [4.78, 5) is 1.36. The van der Waals surface area contributed by atoms with Crippen LogP contribution in [0.1, 0.15) is 12.8 Å². The maximum absolute atomic E-state index is 12.0. The van der Waals surface area contributed by atoms with Gasteiger partial charge in [0.15, 0.2) is 0 Å². The van der Waals surface area contributed by atoms with Crippen LogP contribution in [0.25, 0.3) is 0 Å². The minimum absolute atomic E-state index is 0.0339. The maximum Gasteiger partial charge on any atom is 0.401 e. The molecular weight excluding hydrogens is 181 g/mol. The van der Waals surface area contributed by atoms with Gasteiger partial charge in [-0.1, -0.05) is 0 Å². The van der Waals surface area contributed by atoms with Crippen LogP contribution in [0.3, 0.4) is 0 Å². The van der Waals surface area contributed by atoms with Crippen molar-refractivity contribution < 1.29 is 13.2 Å². The monoisotopic (exact) mass is 196 g/mol. The van der Waals surface area contributed by atoms with E-state index in [0.717, 1.165) is 12.8 Å². The van der Waals surface area contributed by atoms with Gasteiger partial charge < -0.3 is 5.73 Å². The van der Waals surface area contributed by atoms with Gasteiger partial charge in [-0.2, -0.15) is 13.2 Å². The first-order valence-corrected chi connectivity index (χ1v) is 4.41. The summed E-state index contributed by atoms with van der Waals surface area (Å²) in [6.45, 7) is -0.332. The average Bonchev–Trinajstić information content (AvgIpc) is 1.80. The smallest absolute Gasteiger partial charge is 0.330 e. The van der Waals surface area contributed by atoms with Gasteiger partial charge in [0, 0.05) is 6.04 Å². The first-order chi connectivity index (χ1) is 5.94. The van der Waals surface area contributed by atoms with E-state index in [-0.39, 0.29) is 12.0 Å². The molecule has 5 heteroatoms. The summed E-state index contributed by atoms with van der Waals surface area (Å²) < 4.78 is 36.0. The third kappa shape index (κ3) is 2.84. The lowest BCUT2D eigenvalue weighted by molar-refractivity contribution is -0.153. The van der Waals surface area contributed by atoms with E-state index in [9.17, 15) is 13.2 Å². The van der Waals surface area contributed by atoms with E-state index in [2.05, 4.69) is 0 Å². The lowest BCUT2D eigenvalue weighted by Crippen LogP contribution is -2.50. The topological polar surface area (TPSA) is 29.3 Å². The van der Waals surface area contributed by atoms with E-state index in [1.807, 2.05) is 0 Å². The second-order valence-corrected chi connectivity index (χ2v) is 3.67. The molecule has 1 rings (SSSR count). The molecule has 0 amide bonds. The van der Waals surface area contributed by atoms with Crippen LogP contribution in [0.15, 0.2) is 0 Å². The Labute approximate surface area is 75.9 Å². The third-order valence-corrected chi connectivity index (χ3v) is 2.67. The molecule has 2 N–H and O–H groups in total. The van der Waals surface area contributed by atoms with Gasteiger partial charge in [0.1, 0.15) is 0 Å². The SMILES string of the molecule is CN(CC(F)(F)F)C1CCC1CN. The van der Waals surface area contributed by atoms with E-state index < -0.39 is 12.7 Å². The first-order valence-electron chi connectivity index (χ1n) is 4.41. The van der Waals surface area contributed by atoms with Crippen LogP contribution in [0.2, 0.25) is 0 Å². The molecule has 0 aliphatic heterocycles. The van der Waals surface area contributed by atoms with Crippen molar-refractivity contribution in [2.75, 3.05) is 20.1 Å². The quantitative estimate of drug-likeness (QED) is 0.735. The zero-order chi connectivity index (χ0) is 10.1. The highest BCUT2D eigenvalue weighted by Crippen LogP contribution is 2.32. The molecule has 0 aromatic rings. The van der Waals surface area contributed by atoms with Crippen molar-refractivity contribution in [3.05, 3.63) is 0 Å². The number of alkyl halides is 3. The van der Waals surface area contributed by atoms with Gasteiger partial charge in [-0.15, -0.1) is 0 Å². The van der Waals surface area contributed by atoms with Crippen molar-refractivity contribution in [3.8, 4) is 0 Å². The van der Waals surface area contributed by atoms with E-state index in [1.165, 1.54) is 11.9 Å². The molecule has 13 heavy (non-hydrogen) atoms. The highest BCUT2D eigenvalue weighted by Gasteiger charge is 2.38. The number of hydrogen-bond donors (Lipinski definition) is 1. The van der Waals surface area contributed by atoms with Crippen LogP contribution in [0.5, 0.6) is 0 Å². The minimum atomic E-state index is -4.09. The zero-order valence-electron chi connectivity index (χ0n) is 7.64. The van der Waals surface area contributed by atoms with Gasteiger partial charge in [-0.25, -0.2) is 0 Å². The summed E-state index contributed by atoms with van der Waals surface area (Å²) >= 11 is 0. The molecule has 0 aromatic heterocycles. The van der Waals surface area contributed by atoms with Crippen molar-refractivity contribution in [3.63, 3.8) is 0 Å². The van der Waals surface area contributed by atoms with Gasteiger partial charge in [0.2, 0.25) is 0 Å². The molecule has 0 spiro atoms. The van der Waals surface area contributed by atoms with Crippen molar-refractivity contribution in [2.24, 2.45) is 11.7 Å². The standard InChI is InChI=1S/C8H15F3N2/c1-13(5-8(9,10)11)7-3-2-6(7)4-12/h6-7H,2-5,12H2,1H3. The summed E-state index contributed by atoms with van der Waals surface area (Å²) in [5, 5.41) is 0. The van der Waals surface area contributed by atoms with E-state index >= 15 is 0 Å². The molecule has 0 radical (unpaired) electrons. The predicted octanol–water partition coefficient (Wildman–Crippen LogP) is 1.22. The summed E-state index contributed by atoms with van der Waals surface area (Å²) in [5.41, 5.74) is 5.42. The van der Waals surface area contributed by atoms with Crippen LogP contribution in [-0.4, -0.2) is 37.3 Å². The summed E-state index contributed by atoms with van der Waals surface area (Å²) in [5.74, 6) is 0.257. The molecule has 78 valence electrons. The Kier molecular flexibility index (Phi) is 3.18. The Balaban J connectivity index is 2.35. The molecule has 1 fully saturated rings. The third-order valence-electron chi connectivity index (χ3n) is 2.67. The van der Waals surface area contributed by atoms with E-state index in [1.54, 1.807) is 0 Å². The molecule has 1 saturated carbocycles. The molecule has 2 atom stereocenters. The molecule has 1 aliphatic carbocycles. The molecule has 1 aliphatic rings. The fourth-order valence-corrected chi connectivity index (χ4v) is 1.81. The van der Waals surface area contributed by atoms with Crippen LogP contribution in [-0.2, 0) is 0 Å². The highest BCUT2D eigenvalue weighted by atomic mass is 19.4. The molecule has 2 nitrogen and oxygen atoms in total. The van der Waals surface area contributed by atoms with Gasteiger partial charge >= 0.3 is 6.18 Å². The van der Waals surface area contributed by atoms with Gasteiger partial charge in [0.05, 0.1) is 6.54 Å². The summed E-state index contributed by atoms with van der Waals surface area (Å²) in [6, 6.07) is 0.0339. The largest absolute Gasteiger partial charge is 0.401 e. The predicted molar refractivity (Wildman–Crippen MR) is 44.3 cm³/mol. The van der Waals surface area contributed by atoms with Crippen LogP contribution in [0, 0.1) is 5.92 Å². The second kappa shape index (κ2) is 3.84. The normalized spacial score (nSPS) is 29.1. The molecule has 0 bridgehead atoms. The first kappa shape index (κ1) is 10.8. The number of hydrogen-bond acceptors (Lipinski definition) is 2. The van der Waals surface area contributed by atoms with E-state index in [4.69, 9.17) is 5.73 Å². The number of halogens is 3. The Morgan fingerprint density at radius 2 is 2.00 bits per heavy atom. The lowest BCUT2D eigenvalue weighted by atomic mass is 9.79. The maximum atomic E-state index is 12.0. The number of nitrogens with zero attached hydrogens (tertiary/aromatic N) is 1. The fourth-order valence-electron chi connectivity index (χ4n) is 1.81. The van der Waals surface area contributed by atoms with Gasteiger partial charge in [0.25, 0.3) is 0 Å². The van der Waals surface area contributed by atoms with Crippen LogP contribution < -0.4 is 5.73 Å². The van der Waals surface area contributed by atoms with Crippen molar-refractivity contribution in [1.29, 1.82) is 0 Å². The summed E-state index contributed by atoms with van der Waals surface area (Å²) in [7, 11) is 1.51. The fraction of sp³-hybridized carbons (Fsp3) is 1.00. The molecule has 0 aromatic carbocycles. The Morgan fingerprint density at radius 1 is 1.38 bits per heavy atom. The zero-order valence-corrected chi connectivity index (χ0v) is 7.64. The Hall–Kier alpha value is -0.290. The minimum Gasteiger partial charge on any atom is -0.330 e. The number of rotatable bonds is 3. The van der Waals surface area contributed by atoms with Crippen LogP contribution in [0.4, 0.5) is 13.2 Å².